The standard InChI is InChI=1S/C11H13ClFN/c12-10-7-9(3-4-11(10)13)8-14-5-1-2-6-14/h3-4,7H,1-2,5-6,8H2. The molecule has 2 rings (SSSR count). The van der Waals surface area contributed by atoms with Crippen LogP contribution in [0.15, 0.2) is 18.2 Å². The van der Waals surface area contributed by atoms with Crippen LogP contribution in [0.2, 0.25) is 5.02 Å². The van der Waals surface area contributed by atoms with Crippen molar-refractivity contribution in [2.45, 2.75) is 19.4 Å². The Bertz CT molecular complexity index is 321. The van der Waals surface area contributed by atoms with Crippen LogP contribution in [-0.4, -0.2) is 18.0 Å². The highest BCUT2D eigenvalue weighted by molar-refractivity contribution is 6.30. The van der Waals surface area contributed by atoms with E-state index in [4.69, 9.17) is 11.6 Å². The topological polar surface area (TPSA) is 3.24 Å². The second-order valence-corrected chi connectivity index (χ2v) is 4.14. The molecule has 1 aromatic rings. The predicted octanol–water partition coefficient (Wildman–Crippen LogP) is 3.07. The van der Waals surface area contributed by atoms with Crippen LogP contribution in [0.1, 0.15) is 18.4 Å². The molecule has 1 saturated heterocycles. The number of halogens is 2. The fourth-order valence-corrected chi connectivity index (χ4v) is 2.04. The van der Waals surface area contributed by atoms with Crippen molar-refractivity contribution in [1.82, 2.24) is 4.90 Å². The third-order valence-electron chi connectivity index (χ3n) is 2.59. The minimum Gasteiger partial charge on any atom is -0.299 e. The monoisotopic (exact) mass is 213 g/mol. The van der Waals surface area contributed by atoms with Crippen molar-refractivity contribution < 1.29 is 4.39 Å². The van der Waals surface area contributed by atoms with Crippen molar-refractivity contribution in [2.75, 3.05) is 13.1 Å². The maximum absolute atomic E-state index is 12.9. The molecule has 0 spiro atoms. The lowest BCUT2D eigenvalue weighted by molar-refractivity contribution is 0.331. The Hall–Kier alpha value is -0.600. The molecule has 3 heteroatoms. The van der Waals surface area contributed by atoms with Gasteiger partial charge < -0.3 is 0 Å². The van der Waals surface area contributed by atoms with Gasteiger partial charge in [-0.25, -0.2) is 4.39 Å². The van der Waals surface area contributed by atoms with E-state index in [1.807, 2.05) is 0 Å². The molecule has 0 saturated carbocycles. The molecule has 76 valence electrons. The average Bonchev–Trinajstić information content (AvgIpc) is 2.64. The Morgan fingerprint density at radius 3 is 2.64 bits per heavy atom. The SMILES string of the molecule is Fc1ccc(CN2CCCC2)cc1Cl. The Kier molecular flexibility index (Phi) is 3.04. The third-order valence-corrected chi connectivity index (χ3v) is 2.88. The van der Waals surface area contributed by atoms with Crippen molar-refractivity contribution in [1.29, 1.82) is 0 Å². The van der Waals surface area contributed by atoms with Crippen molar-refractivity contribution in [3.05, 3.63) is 34.6 Å². The van der Waals surface area contributed by atoms with E-state index < -0.39 is 0 Å². The number of nitrogens with zero attached hydrogens (tertiary/aromatic N) is 1. The smallest absolute Gasteiger partial charge is 0.141 e. The van der Waals surface area contributed by atoms with E-state index in [1.165, 1.54) is 18.9 Å². The maximum Gasteiger partial charge on any atom is 0.141 e. The fraction of sp³-hybridized carbons (Fsp3) is 0.455. The number of hydrogen-bond acceptors (Lipinski definition) is 1. The number of hydrogen-bond donors (Lipinski definition) is 0. The van der Waals surface area contributed by atoms with Gasteiger partial charge in [-0.15, -0.1) is 0 Å². The highest BCUT2D eigenvalue weighted by Crippen LogP contribution is 2.18. The number of rotatable bonds is 2. The summed E-state index contributed by atoms with van der Waals surface area (Å²) in [6.45, 7) is 3.18. The first-order chi connectivity index (χ1) is 6.75. The first-order valence-corrected chi connectivity index (χ1v) is 5.30. The predicted molar refractivity (Wildman–Crippen MR) is 55.9 cm³/mol. The van der Waals surface area contributed by atoms with E-state index >= 15 is 0 Å². The molecule has 1 aromatic carbocycles. The van der Waals surface area contributed by atoms with Crippen LogP contribution in [0.3, 0.4) is 0 Å². The van der Waals surface area contributed by atoms with Gasteiger partial charge in [-0.2, -0.15) is 0 Å². The van der Waals surface area contributed by atoms with Gasteiger partial charge in [-0.1, -0.05) is 17.7 Å². The van der Waals surface area contributed by atoms with E-state index in [2.05, 4.69) is 4.90 Å². The molecular formula is C11H13ClFN. The van der Waals surface area contributed by atoms with E-state index in [1.54, 1.807) is 12.1 Å². The Labute approximate surface area is 88.5 Å². The normalized spacial score (nSPS) is 17.6. The van der Waals surface area contributed by atoms with Gasteiger partial charge in [-0.3, -0.25) is 4.90 Å². The summed E-state index contributed by atoms with van der Waals surface area (Å²) >= 11 is 5.71. The average molecular weight is 214 g/mol. The molecule has 0 atom stereocenters. The van der Waals surface area contributed by atoms with Gasteiger partial charge in [0.1, 0.15) is 5.82 Å². The van der Waals surface area contributed by atoms with Gasteiger partial charge in [0.05, 0.1) is 5.02 Å². The molecule has 1 aliphatic heterocycles. The number of benzene rings is 1. The molecule has 1 heterocycles. The first kappa shape index (κ1) is 9.94. The summed E-state index contributed by atoms with van der Waals surface area (Å²) in [6, 6.07) is 4.96. The highest BCUT2D eigenvalue weighted by Gasteiger charge is 2.12. The van der Waals surface area contributed by atoms with Crippen molar-refractivity contribution in [3.63, 3.8) is 0 Å². The zero-order chi connectivity index (χ0) is 9.97. The van der Waals surface area contributed by atoms with Crippen LogP contribution in [0.5, 0.6) is 0 Å². The van der Waals surface area contributed by atoms with Crippen LogP contribution >= 0.6 is 11.6 Å². The zero-order valence-corrected chi connectivity index (χ0v) is 8.73. The maximum atomic E-state index is 12.9. The van der Waals surface area contributed by atoms with Gasteiger partial charge in [0, 0.05) is 6.54 Å². The van der Waals surface area contributed by atoms with Crippen LogP contribution in [-0.2, 0) is 6.54 Å². The van der Waals surface area contributed by atoms with Gasteiger partial charge in [-0.05, 0) is 43.6 Å². The lowest BCUT2D eigenvalue weighted by Crippen LogP contribution is -2.18. The largest absolute Gasteiger partial charge is 0.299 e. The zero-order valence-electron chi connectivity index (χ0n) is 7.97. The molecule has 0 amide bonds. The quantitative estimate of drug-likeness (QED) is 0.730. The second-order valence-electron chi connectivity index (χ2n) is 3.73. The van der Waals surface area contributed by atoms with Crippen molar-refractivity contribution in [3.8, 4) is 0 Å². The van der Waals surface area contributed by atoms with Gasteiger partial charge in [0.25, 0.3) is 0 Å². The summed E-state index contributed by atoms with van der Waals surface area (Å²) in [5, 5.41) is 0.224. The molecule has 0 unspecified atom stereocenters. The summed E-state index contributed by atoms with van der Waals surface area (Å²) in [5.74, 6) is -0.336. The van der Waals surface area contributed by atoms with Crippen LogP contribution < -0.4 is 0 Å². The lowest BCUT2D eigenvalue weighted by Gasteiger charge is -2.14. The first-order valence-electron chi connectivity index (χ1n) is 4.92. The van der Waals surface area contributed by atoms with E-state index in [0.717, 1.165) is 25.2 Å². The lowest BCUT2D eigenvalue weighted by atomic mass is 10.2. The molecule has 14 heavy (non-hydrogen) atoms. The Balaban J connectivity index is 2.05. The molecular weight excluding hydrogens is 201 g/mol. The van der Waals surface area contributed by atoms with E-state index in [9.17, 15) is 4.39 Å². The molecule has 0 bridgehead atoms. The summed E-state index contributed by atoms with van der Waals surface area (Å²) in [6.07, 6.45) is 2.55. The fourth-order valence-electron chi connectivity index (χ4n) is 1.84. The minimum absolute atomic E-state index is 0.224. The highest BCUT2D eigenvalue weighted by atomic mass is 35.5. The molecule has 1 aliphatic rings. The van der Waals surface area contributed by atoms with Crippen molar-refractivity contribution in [2.24, 2.45) is 0 Å². The third kappa shape index (κ3) is 2.25. The van der Waals surface area contributed by atoms with Gasteiger partial charge in [0.2, 0.25) is 0 Å². The summed E-state index contributed by atoms with van der Waals surface area (Å²) in [4.78, 5) is 2.36. The Morgan fingerprint density at radius 2 is 2.00 bits per heavy atom. The summed E-state index contributed by atoms with van der Waals surface area (Å²) in [5.41, 5.74) is 1.10. The van der Waals surface area contributed by atoms with Gasteiger partial charge >= 0.3 is 0 Å². The van der Waals surface area contributed by atoms with Gasteiger partial charge in [0.15, 0.2) is 0 Å². The molecule has 0 radical (unpaired) electrons. The molecule has 0 N–H and O–H groups in total. The van der Waals surface area contributed by atoms with Crippen LogP contribution in [0, 0.1) is 5.82 Å². The molecule has 1 nitrogen and oxygen atoms in total. The summed E-state index contributed by atoms with van der Waals surface area (Å²) in [7, 11) is 0. The van der Waals surface area contributed by atoms with Crippen LogP contribution in [0.4, 0.5) is 4.39 Å². The second kappa shape index (κ2) is 4.28. The molecule has 1 fully saturated rings. The molecule has 0 aliphatic carbocycles. The van der Waals surface area contributed by atoms with Crippen molar-refractivity contribution >= 4 is 11.6 Å². The number of likely N-dealkylation sites (tertiary alicyclic amines) is 1. The summed E-state index contributed by atoms with van der Waals surface area (Å²) < 4.78 is 12.9. The minimum atomic E-state index is -0.336. The molecule has 0 aromatic heterocycles. The van der Waals surface area contributed by atoms with E-state index in [0.29, 0.717) is 0 Å². The Morgan fingerprint density at radius 1 is 1.29 bits per heavy atom. The van der Waals surface area contributed by atoms with E-state index in [-0.39, 0.29) is 10.8 Å². The van der Waals surface area contributed by atoms with Crippen LogP contribution in [0.25, 0.3) is 0 Å².